The van der Waals surface area contributed by atoms with Gasteiger partial charge >= 0.3 is 0 Å². The van der Waals surface area contributed by atoms with Crippen molar-refractivity contribution in [2.45, 2.75) is 18.9 Å². The van der Waals surface area contributed by atoms with Gasteiger partial charge in [-0.2, -0.15) is 0 Å². The molecule has 0 spiro atoms. The highest BCUT2D eigenvalue weighted by molar-refractivity contribution is 6.27. The van der Waals surface area contributed by atoms with E-state index in [0.29, 0.717) is 0 Å². The van der Waals surface area contributed by atoms with E-state index in [4.69, 9.17) is 4.43 Å². The molecular weight excluding hydrogens is 132 g/mol. The molecule has 1 aliphatic heterocycles. The Morgan fingerprint density at radius 1 is 1.33 bits per heavy atom. The number of ether oxygens (including phenoxy) is 1. The smallest absolute Gasteiger partial charge is 0.229 e. The topological polar surface area (TPSA) is 18.5 Å². The molecule has 1 rings (SSSR count). The quantitative estimate of drug-likeness (QED) is 0.476. The lowest BCUT2D eigenvalue weighted by atomic mass is 10.4. The van der Waals surface area contributed by atoms with Crippen LogP contribution < -0.4 is 0 Å². The van der Waals surface area contributed by atoms with E-state index in [9.17, 15) is 0 Å². The van der Waals surface area contributed by atoms with E-state index in [1.807, 2.05) is 0 Å². The van der Waals surface area contributed by atoms with Gasteiger partial charge in [0.2, 0.25) is 9.76 Å². The number of hydrogen-bond donors (Lipinski definition) is 0. The highest BCUT2D eigenvalue weighted by Gasteiger charge is 1.97. The molecule has 0 atom stereocenters. The lowest BCUT2D eigenvalue weighted by Crippen LogP contribution is -2.06. The minimum Gasteiger partial charge on any atom is -0.417 e. The SMILES string of the molecule is C1CC[Si]OC1.COC. The van der Waals surface area contributed by atoms with Gasteiger partial charge in [0, 0.05) is 20.8 Å². The summed E-state index contributed by atoms with van der Waals surface area (Å²) < 4.78 is 9.35. The van der Waals surface area contributed by atoms with Crippen LogP contribution >= 0.6 is 0 Å². The monoisotopic (exact) mass is 146 g/mol. The Labute approximate surface area is 59.5 Å². The van der Waals surface area contributed by atoms with Crippen LogP contribution in [0.1, 0.15) is 12.8 Å². The van der Waals surface area contributed by atoms with Crippen LogP contribution in [0.25, 0.3) is 0 Å². The Bertz CT molecular complexity index is 34.8. The molecule has 0 amide bonds. The third kappa shape index (κ3) is 8.14. The Kier molecular flexibility index (Phi) is 8.26. The number of methoxy groups -OCH3 is 1. The van der Waals surface area contributed by atoms with Crippen LogP contribution in [-0.4, -0.2) is 30.6 Å². The molecule has 1 heterocycles. The number of rotatable bonds is 0. The molecule has 2 nitrogen and oxygen atoms in total. The van der Waals surface area contributed by atoms with E-state index >= 15 is 0 Å². The van der Waals surface area contributed by atoms with Crippen molar-refractivity contribution >= 4 is 9.76 Å². The Balaban J connectivity index is 0.000000187. The molecule has 0 bridgehead atoms. The largest absolute Gasteiger partial charge is 0.417 e. The van der Waals surface area contributed by atoms with Gasteiger partial charge in [-0.3, -0.25) is 0 Å². The van der Waals surface area contributed by atoms with Gasteiger partial charge in [-0.05, 0) is 12.5 Å². The second kappa shape index (κ2) is 8.14. The summed E-state index contributed by atoms with van der Waals surface area (Å²) in [7, 11) is 4.05. The van der Waals surface area contributed by atoms with Crippen LogP contribution in [0.15, 0.2) is 0 Å². The summed E-state index contributed by atoms with van der Waals surface area (Å²) in [6, 6.07) is 1.31. The van der Waals surface area contributed by atoms with Crippen molar-refractivity contribution < 1.29 is 9.16 Å². The molecule has 2 radical (unpaired) electrons. The van der Waals surface area contributed by atoms with E-state index in [1.54, 1.807) is 14.2 Å². The first kappa shape index (κ1) is 9.14. The second-order valence-electron chi connectivity index (χ2n) is 1.86. The van der Waals surface area contributed by atoms with Gasteiger partial charge in [0.15, 0.2) is 0 Å². The minimum atomic E-state index is 0.802. The molecule has 1 saturated heterocycles. The van der Waals surface area contributed by atoms with Gasteiger partial charge < -0.3 is 9.16 Å². The van der Waals surface area contributed by atoms with Gasteiger partial charge in [0.25, 0.3) is 0 Å². The maximum atomic E-state index is 5.10. The Morgan fingerprint density at radius 3 is 2.11 bits per heavy atom. The molecule has 0 N–H and O–H groups in total. The van der Waals surface area contributed by atoms with E-state index in [2.05, 4.69) is 4.74 Å². The zero-order valence-corrected chi connectivity index (χ0v) is 7.14. The summed E-state index contributed by atoms with van der Waals surface area (Å²) in [6.07, 6.45) is 2.67. The lowest BCUT2D eigenvalue weighted by molar-refractivity contribution is 0.277. The molecule has 9 heavy (non-hydrogen) atoms. The normalized spacial score (nSPS) is 18.0. The molecule has 0 aromatic rings. The van der Waals surface area contributed by atoms with Crippen LogP contribution in [0.3, 0.4) is 0 Å². The van der Waals surface area contributed by atoms with Crippen LogP contribution in [0, 0.1) is 0 Å². The molecular formula is C6H14O2Si. The van der Waals surface area contributed by atoms with Crippen molar-refractivity contribution in [2.75, 3.05) is 20.8 Å². The van der Waals surface area contributed by atoms with Crippen molar-refractivity contribution in [3.8, 4) is 0 Å². The maximum Gasteiger partial charge on any atom is 0.229 e. The van der Waals surface area contributed by atoms with E-state index in [0.717, 1.165) is 16.4 Å². The summed E-state index contributed by atoms with van der Waals surface area (Å²) in [5, 5.41) is 0. The Morgan fingerprint density at radius 2 is 2.00 bits per heavy atom. The lowest BCUT2D eigenvalue weighted by Gasteiger charge is -2.06. The van der Waals surface area contributed by atoms with Crippen molar-refractivity contribution in [2.24, 2.45) is 0 Å². The van der Waals surface area contributed by atoms with Crippen LogP contribution in [-0.2, 0) is 9.16 Å². The number of hydrogen-bond acceptors (Lipinski definition) is 2. The first-order valence-corrected chi connectivity index (χ1v) is 4.28. The van der Waals surface area contributed by atoms with Crippen molar-refractivity contribution in [1.29, 1.82) is 0 Å². The highest BCUT2D eigenvalue weighted by Crippen LogP contribution is 2.01. The van der Waals surface area contributed by atoms with Crippen molar-refractivity contribution in [1.82, 2.24) is 0 Å². The molecule has 1 aliphatic rings. The molecule has 0 aromatic heterocycles. The maximum absolute atomic E-state index is 5.10. The van der Waals surface area contributed by atoms with Crippen molar-refractivity contribution in [3.63, 3.8) is 0 Å². The molecule has 3 heteroatoms. The minimum absolute atomic E-state index is 0.802. The third-order valence-electron chi connectivity index (χ3n) is 0.877. The van der Waals surface area contributed by atoms with Crippen LogP contribution in [0.4, 0.5) is 0 Å². The summed E-state index contributed by atoms with van der Waals surface area (Å²) in [5.41, 5.74) is 0. The predicted molar refractivity (Wildman–Crippen MR) is 38.7 cm³/mol. The summed E-state index contributed by atoms with van der Waals surface area (Å²) >= 11 is 0. The fourth-order valence-corrected chi connectivity index (χ4v) is 1.34. The van der Waals surface area contributed by atoms with Gasteiger partial charge in [-0.15, -0.1) is 0 Å². The fraction of sp³-hybridized carbons (Fsp3) is 1.00. The molecule has 0 saturated carbocycles. The average molecular weight is 146 g/mol. The van der Waals surface area contributed by atoms with E-state index in [1.165, 1.54) is 18.9 Å². The van der Waals surface area contributed by atoms with E-state index < -0.39 is 0 Å². The standard InChI is InChI=1S/C4H8OSi.C2H6O/c1-2-4-6-5-3-1;1-3-2/h1-4H2;1-2H3. The van der Waals surface area contributed by atoms with Gasteiger partial charge in [-0.25, -0.2) is 0 Å². The second-order valence-corrected chi connectivity index (χ2v) is 2.94. The zero-order valence-electron chi connectivity index (χ0n) is 6.14. The van der Waals surface area contributed by atoms with Crippen LogP contribution in [0.5, 0.6) is 0 Å². The summed E-state index contributed by atoms with van der Waals surface area (Å²) in [5.74, 6) is 0. The van der Waals surface area contributed by atoms with Gasteiger partial charge in [-0.1, -0.05) is 6.42 Å². The molecule has 1 fully saturated rings. The highest BCUT2D eigenvalue weighted by atomic mass is 28.2. The fourth-order valence-electron chi connectivity index (χ4n) is 0.516. The first-order valence-electron chi connectivity index (χ1n) is 3.16. The van der Waals surface area contributed by atoms with Gasteiger partial charge in [0.1, 0.15) is 0 Å². The summed E-state index contributed by atoms with van der Waals surface area (Å²) in [4.78, 5) is 0. The van der Waals surface area contributed by atoms with Crippen LogP contribution in [0.2, 0.25) is 6.04 Å². The summed E-state index contributed by atoms with van der Waals surface area (Å²) in [6.45, 7) is 1.01. The Hall–Kier alpha value is 0.137. The molecule has 0 aliphatic carbocycles. The zero-order chi connectivity index (χ0) is 6.95. The first-order chi connectivity index (χ1) is 4.41. The predicted octanol–water partition coefficient (Wildman–Crippen LogP) is 1.10. The molecule has 0 unspecified atom stereocenters. The molecule has 0 aromatic carbocycles. The van der Waals surface area contributed by atoms with E-state index in [-0.39, 0.29) is 0 Å². The third-order valence-corrected chi connectivity index (χ3v) is 1.84. The van der Waals surface area contributed by atoms with Gasteiger partial charge in [0.05, 0.1) is 0 Å². The molecule has 54 valence electrons. The van der Waals surface area contributed by atoms with Crippen molar-refractivity contribution in [3.05, 3.63) is 0 Å². The average Bonchev–Trinajstić information content (AvgIpc) is 1.93.